The molecule has 120 valence electrons. The summed E-state index contributed by atoms with van der Waals surface area (Å²) >= 11 is 0. The molecule has 0 atom stereocenters. The molecule has 0 spiro atoms. The van der Waals surface area contributed by atoms with Crippen molar-refractivity contribution in [1.82, 2.24) is 4.98 Å². The second-order valence-corrected chi connectivity index (χ2v) is 7.04. The summed E-state index contributed by atoms with van der Waals surface area (Å²) in [5, 5.41) is 0. The van der Waals surface area contributed by atoms with E-state index < -0.39 is 10.0 Å². The molecule has 1 heterocycles. The van der Waals surface area contributed by atoms with Gasteiger partial charge in [0.25, 0.3) is 0 Å². The summed E-state index contributed by atoms with van der Waals surface area (Å²) in [6.45, 7) is 5.69. The minimum absolute atomic E-state index is 0.00629. The summed E-state index contributed by atoms with van der Waals surface area (Å²) < 4.78 is 37.2. The van der Waals surface area contributed by atoms with Gasteiger partial charge in [-0.2, -0.15) is 0 Å². The van der Waals surface area contributed by atoms with Gasteiger partial charge in [0.05, 0.1) is 24.7 Å². The van der Waals surface area contributed by atoms with Crippen molar-refractivity contribution >= 4 is 15.7 Å². The largest absolute Gasteiger partial charge is 0.441 e. The van der Waals surface area contributed by atoms with Crippen molar-refractivity contribution in [3.05, 3.63) is 36.2 Å². The van der Waals surface area contributed by atoms with Gasteiger partial charge in [-0.25, -0.2) is 13.4 Å². The van der Waals surface area contributed by atoms with Gasteiger partial charge in [-0.15, -0.1) is 0 Å². The van der Waals surface area contributed by atoms with Crippen molar-refractivity contribution in [3.63, 3.8) is 0 Å². The molecule has 0 bridgehead atoms. The number of hydrogen-bond donors (Lipinski definition) is 1. The summed E-state index contributed by atoms with van der Waals surface area (Å²) in [6.07, 6.45) is 1.63. The van der Waals surface area contributed by atoms with Gasteiger partial charge in [0, 0.05) is 11.3 Å². The van der Waals surface area contributed by atoms with E-state index in [-0.39, 0.29) is 18.5 Å². The molecule has 0 saturated carbocycles. The molecule has 0 fully saturated rings. The molecule has 6 nitrogen and oxygen atoms in total. The van der Waals surface area contributed by atoms with E-state index in [1.165, 1.54) is 0 Å². The van der Waals surface area contributed by atoms with E-state index in [0.29, 0.717) is 22.9 Å². The molecule has 1 aromatic carbocycles. The van der Waals surface area contributed by atoms with Crippen LogP contribution in [0.15, 0.2) is 34.9 Å². The highest BCUT2D eigenvalue weighted by Crippen LogP contribution is 2.22. The molecule has 2 rings (SSSR count). The van der Waals surface area contributed by atoms with Crippen molar-refractivity contribution in [2.45, 2.75) is 26.9 Å². The van der Waals surface area contributed by atoms with Crippen LogP contribution in [0, 0.1) is 6.92 Å². The monoisotopic (exact) mass is 324 g/mol. The molecule has 0 aliphatic rings. The first-order valence-corrected chi connectivity index (χ1v) is 8.66. The molecule has 2 aromatic rings. The van der Waals surface area contributed by atoms with E-state index in [1.54, 1.807) is 31.3 Å². The molecular formula is C15H20N2O4S. The van der Waals surface area contributed by atoms with Gasteiger partial charge in [0.1, 0.15) is 5.76 Å². The lowest BCUT2D eigenvalue weighted by atomic mass is 10.2. The van der Waals surface area contributed by atoms with Crippen LogP contribution in [-0.4, -0.2) is 31.9 Å². The molecule has 0 aliphatic carbocycles. The van der Waals surface area contributed by atoms with Gasteiger partial charge in [-0.1, -0.05) is 6.07 Å². The Kier molecular flexibility index (Phi) is 5.20. The standard InChI is InChI=1S/C15H20N2O4S/c1-11(2)20-7-8-22(18,19)17-14-6-4-5-13(9-14)15-16-10-12(3)21-15/h4-6,9-11,17H,7-8H2,1-3H3. The van der Waals surface area contributed by atoms with Crippen molar-refractivity contribution < 1.29 is 17.6 Å². The second kappa shape index (κ2) is 6.93. The number of nitrogens with one attached hydrogen (secondary N) is 1. The predicted octanol–water partition coefficient (Wildman–Crippen LogP) is 2.82. The van der Waals surface area contributed by atoms with E-state index in [1.807, 2.05) is 19.9 Å². The molecule has 0 aliphatic heterocycles. The SMILES string of the molecule is Cc1cnc(-c2cccc(NS(=O)(=O)CCOC(C)C)c2)o1. The first-order chi connectivity index (χ1) is 10.4. The Morgan fingerprint density at radius 3 is 2.77 bits per heavy atom. The number of oxazole rings is 1. The smallest absolute Gasteiger partial charge is 0.235 e. The molecule has 0 radical (unpaired) electrons. The normalized spacial score (nSPS) is 11.8. The number of benzene rings is 1. The first-order valence-electron chi connectivity index (χ1n) is 7.01. The van der Waals surface area contributed by atoms with Crippen LogP contribution in [0.2, 0.25) is 0 Å². The zero-order chi connectivity index (χ0) is 16.2. The van der Waals surface area contributed by atoms with Gasteiger partial charge < -0.3 is 9.15 Å². The van der Waals surface area contributed by atoms with Crippen LogP contribution < -0.4 is 4.72 Å². The number of aryl methyl sites for hydroxylation is 1. The van der Waals surface area contributed by atoms with Crippen molar-refractivity contribution in [1.29, 1.82) is 0 Å². The van der Waals surface area contributed by atoms with Gasteiger partial charge in [0.2, 0.25) is 15.9 Å². The Morgan fingerprint density at radius 2 is 2.14 bits per heavy atom. The maximum absolute atomic E-state index is 12.0. The second-order valence-electron chi connectivity index (χ2n) is 5.20. The van der Waals surface area contributed by atoms with E-state index >= 15 is 0 Å². The van der Waals surface area contributed by atoms with E-state index in [0.717, 1.165) is 0 Å². The lowest BCUT2D eigenvalue weighted by Gasteiger charge is -2.10. The summed E-state index contributed by atoms with van der Waals surface area (Å²) in [4.78, 5) is 4.13. The summed E-state index contributed by atoms with van der Waals surface area (Å²) in [7, 11) is -3.45. The molecule has 7 heteroatoms. The van der Waals surface area contributed by atoms with Crippen LogP contribution in [0.5, 0.6) is 0 Å². The van der Waals surface area contributed by atoms with Crippen LogP contribution in [0.3, 0.4) is 0 Å². The van der Waals surface area contributed by atoms with Gasteiger partial charge in [0.15, 0.2) is 0 Å². The fourth-order valence-corrected chi connectivity index (χ4v) is 2.73. The van der Waals surface area contributed by atoms with Gasteiger partial charge in [-0.05, 0) is 39.0 Å². The van der Waals surface area contributed by atoms with Crippen LogP contribution in [0.1, 0.15) is 19.6 Å². The van der Waals surface area contributed by atoms with Crippen molar-refractivity contribution in [3.8, 4) is 11.5 Å². The fourth-order valence-electron chi connectivity index (χ4n) is 1.83. The molecule has 22 heavy (non-hydrogen) atoms. The Labute approximate surface area is 130 Å². The highest BCUT2D eigenvalue weighted by molar-refractivity contribution is 7.92. The van der Waals surface area contributed by atoms with E-state index in [4.69, 9.17) is 9.15 Å². The molecule has 0 unspecified atom stereocenters. The van der Waals surface area contributed by atoms with Crippen molar-refractivity contribution in [2.24, 2.45) is 0 Å². The highest BCUT2D eigenvalue weighted by atomic mass is 32.2. The number of nitrogens with zero attached hydrogens (tertiary/aromatic N) is 1. The Morgan fingerprint density at radius 1 is 1.36 bits per heavy atom. The zero-order valence-electron chi connectivity index (χ0n) is 12.9. The fraction of sp³-hybridized carbons (Fsp3) is 0.400. The summed E-state index contributed by atoms with van der Waals surface area (Å²) in [5.41, 5.74) is 1.18. The van der Waals surface area contributed by atoms with Gasteiger partial charge in [-0.3, -0.25) is 4.72 Å². The Bertz CT molecular complexity index is 723. The maximum Gasteiger partial charge on any atom is 0.235 e. The number of aromatic nitrogens is 1. The molecule has 1 N–H and O–H groups in total. The maximum atomic E-state index is 12.0. The number of rotatable bonds is 7. The quantitative estimate of drug-likeness (QED) is 0.847. The molecule has 0 amide bonds. The minimum Gasteiger partial charge on any atom is -0.441 e. The zero-order valence-corrected chi connectivity index (χ0v) is 13.7. The van der Waals surface area contributed by atoms with Gasteiger partial charge >= 0.3 is 0 Å². The highest BCUT2D eigenvalue weighted by Gasteiger charge is 2.12. The summed E-state index contributed by atoms with van der Waals surface area (Å²) in [6, 6.07) is 6.93. The van der Waals surface area contributed by atoms with Crippen molar-refractivity contribution in [2.75, 3.05) is 17.1 Å². The number of sulfonamides is 1. The first kappa shape index (κ1) is 16.5. The molecule has 0 saturated heterocycles. The van der Waals surface area contributed by atoms with Crippen LogP contribution >= 0.6 is 0 Å². The van der Waals surface area contributed by atoms with Crippen LogP contribution in [-0.2, 0) is 14.8 Å². The Balaban J connectivity index is 2.07. The number of anilines is 1. The van der Waals surface area contributed by atoms with E-state index in [9.17, 15) is 8.42 Å². The van der Waals surface area contributed by atoms with E-state index in [2.05, 4.69) is 9.71 Å². The average molecular weight is 324 g/mol. The lowest BCUT2D eigenvalue weighted by molar-refractivity contribution is 0.0913. The van der Waals surface area contributed by atoms with Crippen LogP contribution in [0.25, 0.3) is 11.5 Å². The van der Waals surface area contributed by atoms with Crippen LogP contribution in [0.4, 0.5) is 5.69 Å². The average Bonchev–Trinajstić information content (AvgIpc) is 2.84. The Hall–Kier alpha value is -1.86. The molecular weight excluding hydrogens is 304 g/mol. The third kappa shape index (κ3) is 4.85. The number of ether oxygens (including phenoxy) is 1. The number of hydrogen-bond acceptors (Lipinski definition) is 5. The minimum atomic E-state index is -3.45. The lowest BCUT2D eigenvalue weighted by Crippen LogP contribution is -2.21. The third-order valence-corrected chi connectivity index (χ3v) is 4.06. The topological polar surface area (TPSA) is 81.4 Å². The summed E-state index contributed by atoms with van der Waals surface area (Å²) in [5.74, 6) is 1.07. The molecule has 1 aromatic heterocycles. The third-order valence-electron chi connectivity index (χ3n) is 2.81. The predicted molar refractivity (Wildman–Crippen MR) is 85.2 cm³/mol.